The number of carbonyl (C=O) groups excluding carboxylic acids is 1. The van der Waals surface area contributed by atoms with Crippen molar-refractivity contribution in [1.29, 1.82) is 5.26 Å². The molecule has 5 heteroatoms. The van der Waals surface area contributed by atoms with E-state index in [1.807, 2.05) is 24.3 Å². The van der Waals surface area contributed by atoms with Crippen molar-refractivity contribution in [3.63, 3.8) is 0 Å². The Labute approximate surface area is 165 Å². The summed E-state index contributed by atoms with van der Waals surface area (Å²) in [6, 6.07) is 17.5. The number of likely N-dealkylation sites (tertiary alicyclic amines) is 1. The molecule has 0 bridgehead atoms. The Morgan fingerprint density at radius 1 is 1.22 bits per heavy atom. The summed E-state index contributed by atoms with van der Waals surface area (Å²) in [7, 11) is 0. The van der Waals surface area contributed by atoms with Crippen LogP contribution >= 0.6 is 11.6 Å². The maximum atomic E-state index is 12.2. The van der Waals surface area contributed by atoms with Crippen molar-refractivity contribution in [2.24, 2.45) is 0 Å². The summed E-state index contributed by atoms with van der Waals surface area (Å²) >= 11 is 5.93. The lowest BCUT2D eigenvalue weighted by molar-refractivity contribution is -0.117. The second-order valence-electron chi connectivity index (χ2n) is 6.76. The molecule has 3 rings (SSSR count). The van der Waals surface area contributed by atoms with Gasteiger partial charge < -0.3 is 5.32 Å². The average molecular weight is 380 g/mol. The molecule has 1 heterocycles. The summed E-state index contributed by atoms with van der Waals surface area (Å²) in [5.74, 6) is -0.0893. The highest BCUT2D eigenvalue weighted by molar-refractivity contribution is 6.30. The van der Waals surface area contributed by atoms with Gasteiger partial charge in [0, 0.05) is 36.8 Å². The van der Waals surface area contributed by atoms with Gasteiger partial charge in [0.1, 0.15) is 0 Å². The van der Waals surface area contributed by atoms with Crippen molar-refractivity contribution >= 4 is 23.6 Å². The third-order valence-electron chi connectivity index (χ3n) is 4.70. The molecule has 2 aromatic rings. The molecule has 0 spiro atoms. The van der Waals surface area contributed by atoms with Crippen LogP contribution in [0, 0.1) is 11.3 Å². The van der Waals surface area contributed by atoms with Crippen molar-refractivity contribution in [1.82, 2.24) is 10.2 Å². The highest BCUT2D eigenvalue weighted by Crippen LogP contribution is 2.16. The smallest absolute Gasteiger partial charge is 0.244 e. The Morgan fingerprint density at radius 2 is 1.96 bits per heavy atom. The number of piperidine rings is 1. The van der Waals surface area contributed by atoms with E-state index >= 15 is 0 Å². The number of amides is 1. The fraction of sp³-hybridized carbons (Fsp3) is 0.273. The molecule has 1 fully saturated rings. The van der Waals surface area contributed by atoms with E-state index in [2.05, 4.69) is 28.4 Å². The van der Waals surface area contributed by atoms with Gasteiger partial charge in [-0.3, -0.25) is 9.69 Å². The molecule has 0 radical (unpaired) electrons. The van der Waals surface area contributed by atoms with Crippen LogP contribution in [0.4, 0.5) is 0 Å². The minimum atomic E-state index is -0.0893. The number of hydrogen-bond acceptors (Lipinski definition) is 3. The Morgan fingerprint density at radius 3 is 2.67 bits per heavy atom. The number of rotatable bonds is 5. The number of nitrogens with zero attached hydrogens (tertiary/aromatic N) is 2. The van der Waals surface area contributed by atoms with Gasteiger partial charge in [0.25, 0.3) is 0 Å². The number of benzene rings is 2. The third kappa shape index (κ3) is 5.96. The first-order valence-electron chi connectivity index (χ1n) is 9.08. The number of nitrogens with one attached hydrogen (secondary N) is 1. The van der Waals surface area contributed by atoms with E-state index in [0.717, 1.165) is 43.1 Å². The molecular formula is C22H22ClN3O. The SMILES string of the molecule is N#Cc1cccc(/C=C\C(=O)NC2CCN(Cc3ccc(Cl)cc3)CC2)c1. The van der Waals surface area contributed by atoms with E-state index in [1.165, 1.54) is 11.6 Å². The van der Waals surface area contributed by atoms with Crippen molar-refractivity contribution in [3.8, 4) is 6.07 Å². The largest absolute Gasteiger partial charge is 0.350 e. The van der Waals surface area contributed by atoms with Gasteiger partial charge in [-0.25, -0.2) is 0 Å². The van der Waals surface area contributed by atoms with Crippen LogP contribution < -0.4 is 5.32 Å². The van der Waals surface area contributed by atoms with E-state index < -0.39 is 0 Å². The molecule has 1 N–H and O–H groups in total. The predicted octanol–water partition coefficient (Wildman–Crippen LogP) is 4.01. The summed E-state index contributed by atoms with van der Waals surface area (Å²) in [6.07, 6.45) is 5.16. The molecule has 138 valence electrons. The molecule has 1 aliphatic rings. The molecular weight excluding hydrogens is 358 g/mol. The zero-order valence-electron chi connectivity index (χ0n) is 15.1. The van der Waals surface area contributed by atoms with Crippen LogP contribution in [0.3, 0.4) is 0 Å². The second kappa shape index (κ2) is 9.36. The second-order valence-corrected chi connectivity index (χ2v) is 7.19. The molecule has 0 aromatic heterocycles. The average Bonchev–Trinajstić information content (AvgIpc) is 2.70. The number of halogens is 1. The summed E-state index contributed by atoms with van der Waals surface area (Å²) in [4.78, 5) is 14.6. The maximum absolute atomic E-state index is 12.2. The molecule has 1 saturated heterocycles. The number of hydrogen-bond donors (Lipinski definition) is 1. The summed E-state index contributed by atoms with van der Waals surface area (Å²) in [5.41, 5.74) is 2.69. The van der Waals surface area contributed by atoms with Gasteiger partial charge in [0.15, 0.2) is 0 Å². The van der Waals surface area contributed by atoms with Crippen molar-refractivity contribution in [2.45, 2.75) is 25.4 Å². The molecule has 1 amide bonds. The standard InChI is InChI=1S/C22H22ClN3O/c23-20-7-4-18(5-8-20)16-26-12-10-21(11-13-26)25-22(27)9-6-17-2-1-3-19(14-17)15-24/h1-9,14,21H,10-13,16H2,(H,25,27)/b9-6-. The lowest BCUT2D eigenvalue weighted by Crippen LogP contribution is -2.43. The fourth-order valence-electron chi connectivity index (χ4n) is 3.22. The lowest BCUT2D eigenvalue weighted by Gasteiger charge is -2.32. The molecule has 2 aromatic carbocycles. The van der Waals surface area contributed by atoms with Gasteiger partial charge in [-0.2, -0.15) is 5.26 Å². The summed E-state index contributed by atoms with van der Waals surface area (Å²) in [6.45, 7) is 2.83. The third-order valence-corrected chi connectivity index (χ3v) is 4.95. The Kier molecular flexibility index (Phi) is 6.64. The van der Waals surface area contributed by atoms with Gasteiger partial charge in [-0.1, -0.05) is 35.9 Å². The van der Waals surface area contributed by atoms with E-state index in [9.17, 15) is 4.79 Å². The first-order chi connectivity index (χ1) is 13.1. The molecule has 0 unspecified atom stereocenters. The highest BCUT2D eigenvalue weighted by atomic mass is 35.5. The van der Waals surface area contributed by atoms with Gasteiger partial charge >= 0.3 is 0 Å². The monoisotopic (exact) mass is 379 g/mol. The highest BCUT2D eigenvalue weighted by Gasteiger charge is 2.20. The molecule has 1 aliphatic heterocycles. The predicted molar refractivity (Wildman–Crippen MR) is 108 cm³/mol. The van der Waals surface area contributed by atoms with E-state index in [1.54, 1.807) is 18.2 Å². The summed E-state index contributed by atoms with van der Waals surface area (Å²) in [5, 5.41) is 12.8. The van der Waals surface area contributed by atoms with Crippen LogP contribution in [0.15, 0.2) is 54.6 Å². The molecule has 0 aliphatic carbocycles. The van der Waals surface area contributed by atoms with Crippen molar-refractivity contribution in [2.75, 3.05) is 13.1 Å². The molecule has 4 nitrogen and oxygen atoms in total. The quantitative estimate of drug-likeness (QED) is 0.798. The van der Waals surface area contributed by atoms with E-state index in [0.29, 0.717) is 5.56 Å². The van der Waals surface area contributed by atoms with Gasteiger partial charge in [0.05, 0.1) is 11.6 Å². The fourth-order valence-corrected chi connectivity index (χ4v) is 3.34. The first-order valence-corrected chi connectivity index (χ1v) is 9.46. The zero-order valence-corrected chi connectivity index (χ0v) is 15.8. The van der Waals surface area contributed by atoms with Gasteiger partial charge in [-0.15, -0.1) is 0 Å². The van der Waals surface area contributed by atoms with Crippen LogP contribution in [-0.4, -0.2) is 29.9 Å². The summed E-state index contributed by atoms with van der Waals surface area (Å²) < 4.78 is 0. The Bertz CT molecular complexity index is 847. The van der Waals surface area contributed by atoms with Crippen molar-refractivity contribution < 1.29 is 4.79 Å². The Hall–Kier alpha value is -2.61. The minimum Gasteiger partial charge on any atom is -0.350 e. The van der Waals surface area contributed by atoms with Crippen LogP contribution in [-0.2, 0) is 11.3 Å². The van der Waals surface area contributed by atoms with Gasteiger partial charge in [-0.05, 0) is 54.3 Å². The van der Waals surface area contributed by atoms with Gasteiger partial charge in [0.2, 0.25) is 5.91 Å². The molecule has 0 atom stereocenters. The van der Waals surface area contributed by atoms with Crippen molar-refractivity contribution in [3.05, 3.63) is 76.3 Å². The van der Waals surface area contributed by atoms with Crippen LogP contribution in [0.5, 0.6) is 0 Å². The van der Waals surface area contributed by atoms with Crippen LogP contribution in [0.2, 0.25) is 5.02 Å². The number of nitriles is 1. The topological polar surface area (TPSA) is 56.1 Å². The zero-order chi connectivity index (χ0) is 19.1. The maximum Gasteiger partial charge on any atom is 0.244 e. The van der Waals surface area contributed by atoms with E-state index in [-0.39, 0.29) is 11.9 Å². The lowest BCUT2D eigenvalue weighted by atomic mass is 10.0. The van der Waals surface area contributed by atoms with Crippen LogP contribution in [0.25, 0.3) is 6.08 Å². The normalized spacial score (nSPS) is 15.6. The minimum absolute atomic E-state index is 0.0893. The number of carbonyl (C=O) groups is 1. The Balaban J connectivity index is 1.44. The molecule has 0 saturated carbocycles. The van der Waals surface area contributed by atoms with E-state index in [4.69, 9.17) is 16.9 Å². The van der Waals surface area contributed by atoms with Crippen LogP contribution in [0.1, 0.15) is 29.5 Å². The first kappa shape index (κ1) is 19.2. The molecule has 27 heavy (non-hydrogen) atoms.